The molecular formula is C17H15N3O3S. The first-order chi connectivity index (χ1) is 11.5. The molecule has 0 unspecified atom stereocenters. The Labute approximate surface area is 141 Å². The monoisotopic (exact) mass is 341 g/mol. The van der Waals surface area contributed by atoms with Gasteiger partial charge in [0.15, 0.2) is 0 Å². The molecule has 2 aromatic heterocycles. The molecule has 0 aliphatic rings. The molecule has 6 nitrogen and oxygen atoms in total. The number of phenolic OH excluding ortho intramolecular Hbond substituents is 1. The Morgan fingerprint density at radius 1 is 1.25 bits per heavy atom. The first-order valence-electron chi connectivity index (χ1n) is 7.25. The van der Waals surface area contributed by atoms with Gasteiger partial charge in [0.1, 0.15) is 11.8 Å². The van der Waals surface area contributed by atoms with E-state index in [1.165, 1.54) is 23.5 Å². The number of nitrogens with zero attached hydrogens (tertiary/aromatic N) is 1. The number of primary amides is 1. The second-order valence-corrected chi connectivity index (χ2v) is 6.38. The van der Waals surface area contributed by atoms with Crippen LogP contribution in [0.1, 0.15) is 15.2 Å². The van der Waals surface area contributed by atoms with Gasteiger partial charge in [0.25, 0.3) is 5.91 Å². The smallest absolute Gasteiger partial charge is 0.262 e. The van der Waals surface area contributed by atoms with Crippen LogP contribution in [0.5, 0.6) is 5.75 Å². The Hall–Kier alpha value is -2.93. The van der Waals surface area contributed by atoms with Crippen molar-refractivity contribution in [2.24, 2.45) is 5.73 Å². The molecule has 3 rings (SSSR count). The third-order valence-corrected chi connectivity index (χ3v) is 4.62. The molecule has 4 N–H and O–H groups in total. The number of aromatic hydroxyl groups is 1. The molecular weight excluding hydrogens is 326 g/mol. The number of benzene rings is 1. The molecule has 1 aromatic carbocycles. The van der Waals surface area contributed by atoms with Gasteiger partial charge < -0.3 is 16.2 Å². The molecule has 1 atom stereocenters. The van der Waals surface area contributed by atoms with Crippen molar-refractivity contribution < 1.29 is 14.7 Å². The summed E-state index contributed by atoms with van der Waals surface area (Å²) >= 11 is 1.31. The standard InChI is InChI=1S/C17H15N3O3S/c18-16(22)13(8-10-3-5-11(21)6-4-10)20-17(23)15-9-12-14(24-15)2-1-7-19-12/h1-7,9,13,21H,8H2,(H2,18,22)(H,20,23)/t13-/m0/s1. The number of pyridine rings is 1. The Morgan fingerprint density at radius 3 is 2.67 bits per heavy atom. The maximum atomic E-state index is 12.4. The number of hydrogen-bond acceptors (Lipinski definition) is 5. The number of fused-ring (bicyclic) bond motifs is 1. The summed E-state index contributed by atoms with van der Waals surface area (Å²) in [5.74, 6) is -0.840. The van der Waals surface area contributed by atoms with Crippen molar-refractivity contribution in [3.05, 3.63) is 59.1 Å². The van der Waals surface area contributed by atoms with Crippen molar-refractivity contribution in [2.45, 2.75) is 12.5 Å². The van der Waals surface area contributed by atoms with Crippen LogP contribution >= 0.6 is 11.3 Å². The minimum atomic E-state index is -0.833. The lowest BCUT2D eigenvalue weighted by Crippen LogP contribution is -2.45. The van der Waals surface area contributed by atoms with Gasteiger partial charge in [0.2, 0.25) is 5.91 Å². The van der Waals surface area contributed by atoms with Crippen molar-refractivity contribution in [2.75, 3.05) is 0 Å². The number of aromatic nitrogens is 1. The number of rotatable bonds is 5. The van der Waals surface area contributed by atoms with Crippen LogP contribution in [0.2, 0.25) is 0 Å². The highest BCUT2D eigenvalue weighted by Crippen LogP contribution is 2.23. The fourth-order valence-electron chi connectivity index (χ4n) is 2.30. The summed E-state index contributed by atoms with van der Waals surface area (Å²) in [4.78, 5) is 28.7. The van der Waals surface area contributed by atoms with Gasteiger partial charge in [-0.25, -0.2) is 0 Å². The number of carbonyl (C=O) groups is 2. The van der Waals surface area contributed by atoms with E-state index in [-0.39, 0.29) is 18.1 Å². The lowest BCUT2D eigenvalue weighted by Gasteiger charge is -2.15. The van der Waals surface area contributed by atoms with Crippen molar-refractivity contribution in [3.8, 4) is 5.75 Å². The fourth-order valence-corrected chi connectivity index (χ4v) is 3.22. The lowest BCUT2D eigenvalue weighted by atomic mass is 10.1. The third-order valence-electron chi connectivity index (χ3n) is 3.54. The van der Waals surface area contributed by atoms with Gasteiger partial charge in [-0.3, -0.25) is 14.6 Å². The molecule has 0 saturated carbocycles. The average molecular weight is 341 g/mol. The lowest BCUT2D eigenvalue weighted by molar-refractivity contribution is -0.119. The Morgan fingerprint density at radius 2 is 2.00 bits per heavy atom. The summed E-state index contributed by atoms with van der Waals surface area (Å²) in [5.41, 5.74) is 6.93. The largest absolute Gasteiger partial charge is 0.508 e. The van der Waals surface area contributed by atoms with Crippen LogP contribution in [-0.2, 0) is 11.2 Å². The highest BCUT2D eigenvalue weighted by atomic mass is 32.1. The molecule has 0 saturated heterocycles. The van der Waals surface area contributed by atoms with Crippen LogP contribution in [0.15, 0.2) is 48.7 Å². The van der Waals surface area contributed by atoms with Gasteiger partial charge in [-0.15, -0.1) is 11.3 Å². The second kappa shape index (κ2) is 6.67. The van der Waals surface area contributed by atoms with Gasteiger partial charge in [-0.2, -0.15) is 0 Å². The Bertz CT molecular complexity index is 856. The van der Waals surface area contributed by atoms with Crippen LogP contribution in [-0.4, -0.2) is 27.9 Å². The first kappa shape index (κ1) is 15.9. The van der Waals surface area contributed by atoms with Crippen LogP contribution in [0.3, 0.4) is 0 Å². The summed E-state index contributed by atoms with van der Waals surface area (Å²) in [7, 11) is 0. The van der Waals surface area contributed by atoms with E-state index in [0.717, 1.165) is 15.8 Å². The highest BCUT2D eigenvalue weighted by Gasteiger charge is 2.21. The number of amides is 2. The molecule has 2 amide bonds. The van der Waals surface area contributed by atoms with Crippen molar-refractivity contribution in [1.82, 2.24) is 10.3 Å². The molecule has 3 aromatic rings. The molecule has 0 aliphatic heterocycles. The Balaban J connectivity index is 1.76. The molecule has 0 aliphatic carbocycles. The van der Waals surface area contributed by atoms with E-state index in [1.807, 2.05) is 6.07 Å². The number of phenols is 1. The topological polar surface area (TPSA) is 105 Å². The van der Waals surface area contributed by atoms with Gasteiger partial charge in [-0.05, 0) is 35.9 Å². The van der Waals surface area contributed by atoms with E-state index in [1.54, 1.807) is 30.5 Å². The second-order valence-electron chi connectivity index (χ2n) is 5.30. The molecule has 0 fully saturated rings. The molecule has 24 heavy (non-hydrogen) atoms. The minimum absolute atomic E-state index is 0.135. The van der Waals surface area contributed by atoms with E-state index in [9.17, 15) is 14.7 Å². The Kier molecular flexibility index (Phi) is 4.43. The minimum Gasteiger partial charge on any atom is -0.508 e. The van der Waals surface area contributed by atoms with Gasteiger partial charge in [-0.1, -0.05) is 12.1 Å². The number of thiophene rings is 1. The molecule has 122 valence electrons. The highest BCUT2D eigenvalue weighted by molar-refractivity contribution is 7.20. The van der Waals surface area contributed by atoms with Crippen LogP contribution in [0.25, 0.3) is 10.2 Å². The molecule has 0 bridgehead atoms. The summed E-state index contributed by atoms with van der Waals surface area (Å²) in [6.45, 7) is 0. The van der Waals surface area contributed by atoms with Crippen molar-refractivity contribution in [1.29, 1.82) is 0 Å². The summed E-state index contributed by atoms with van der Waals surface area (Å²) < 4.78 is 0.900. The molecule has 7 heteroatoms. The zero-order chi connectivity index (χ0) is 17.1. The third kappa shape index (κ3) is 3.52. The molecule has 0 radical (unpaired) electrons. The predicted octanol–water partition coefficient (Wildman–Crippen LogP) is 1.83. The van der Waals surface area contributed by atoms with Crippen molar-refractivity contribution >= 4 is 33.4 Å². The van der Waals surface area contributed by atoms with E-state index in [2.05, 4.69) is 10.3 Å². The van der Waals surface area contributed by atoms with Gasteiger partial charge >= 0.3 is 0 Å². The number of nitrogens with two attached hydrogens (primary N) is 1. The normalized spacial score (nSPS) is 12.0. The number of carbonyl (C=O) groups excluding carboxylic acids is 2. The molecule has 0 spiro atoms. The van der Waals surface area contributed by atoms with Crippen LogP contribution < -0.4 is 11.1 Å². The summed E-state index contributed by atoms with van der Waals surface area (Å²) in [6.07, 6.45) is 1.91. The van der Waals surface area contributed by atoms with Crippen LogP contribution in [0.4, 0.5) is 0 Å². The zero-order valence-corrected chi connectivity index (χ0v) is 13.4. The van der Waals surface area contributed by atoms with E-state index in [0.29, 0.717) is 4.88 Å². The van der Waals surface area contributed by atoms with E-state index in [4.69, 9.17) is 5.73 Å². The maximum Gasteiger partial charge on any atom is 0.262 e. The maximum absolute atomic E-state index is 12.4. The van der Waals surface area contributed by atoms with E-state index < -0.39 is 11.9 Å². The van der Waals surface area contributed by atoms with Crippen LogP contribution in [0, 0.1) is 0 Å². The van der Waals surface area contributed by atoms with Gasteiger partial charge in [0, 0.05) is 12.6 Å². The first-order valence-corrected chi connectivity index (χ1v) is 8.07. The van der Waals surface area contributed by atoms with Gasteiger partial charge in [0.05, 0.1) is 15.1 Å². The number of nitrogens with one attached hydrogen (secondary N) is 1. The fraction of sp³-hybridized carbons (Fsp3) is 0.118. The molecule has 2 heterocycles. The summed E-state index contributed by atoms with van der Waals surface area (Å²) in [6, 6.07) is 10.9. The quantitative estimate of drug-likeness (QED) is 0.658. The SMILES string of the molecule is NC(=O)[C@H](Cc1ccc(O)cc1)NC(=O)c1cc2ncccc2s1. The summed E-state index contributed by atoms with van der Waals surface area (Å²) in [5, 5.41) is 12.0. The van der Waals surface area contributed by atoms with E-state index >= 15 is 0 Å². The number of hydrogen-bond donors (Lipinski definition) is 3. The average Bonchev–Trinajstić information content (AvgIpc) is 3.00. The zero-order valence-electron chi connectivity index (χ0n) is 12.6. The predicted molar refractivity (Wildman–Crippen MR) is 91.9 cm³/mol. The van der Waals surface area contributed by atoms with Crippen molar-refractivity contribution in [3.63, 3.8) is 0 Å².